The van der Waals surface area contributed by atoms with E-state index in [4.69, 9.17) is 0 Å². The summed E-state index contributed by atoms with van der Waals surface area (Å²) in [5.74, 6) is 0. The van der Waals surface area contributed by atoms with E-state index < -0.39 is 0 Å². The van der Waals surface area contributed by atoms with Crippen LogP contribution in [0.25, 0.3) is 0 Å². The van der Waals surface area contributed by atoms with Crippen LogP contribution in [0.15, 0.2) is 147 Å². The highest BCUT2D eigenvalue weighted by molar-refractivity contribution is 5.93. The van der Waals surface area contributed by atoms with Gasteiger partial charge in [-0.25, -0.2) is 0 Å². The lowest BCUT2D eigenvalue weighted by Crippen LogP contribution is -2.58. The molecule has 0 atom stereocenters. The van der Waals surface area contributed by atoms with E-state index in [9.17, 15) is 0 Å². The third kappa shape index (κ3) is 3.77. The SMILES string of the molecule is c1cncc(N2c3ccccc3N(c3cccnc3)C2C2N(c3cccnc3)c3ccccc3N2c2cccnc2)c1. The van der Waals surface area contributed by atoms with Crippen LogP contribution in [0.2, 0.25) is 0 Å². The Bertz CT molecular complexity index is 1550. The summed E-state index contributed by atoms with van der Waals surface area (Å²) in [6.45, 7) is 0. The normalized spacial score (nSPS) is 14.8. The molecule has 8 nitrogen and oxygen atoms in total. The minimum atomic E-state index is -0.261. The third-order valence-corrected chi connectivity index (χ3v) is 7.82. The second-order valence-electron chi connectivity index (χ2n) is 10.1. The molecule has 0 N–H and O–H groups in total. The molecule has 0 saturated heterocycles. The zero-order valence-electron chi connectivity index (χ0n) is 22.6. The van der Waals surface area contributed by atoms with Crippen LogP contribution >= 0.6 is 0 Å². The molecule has 0 amide bonds. The molecule has 202 valence electrons. The second-order valence-corrected chi connectivity index (χ2v) is 10.1. The molecular weight excluding hydrogens is 520 g/mol. The fourth-order valence-corrected chi connectivity index (χ4v) is 6.23. The molecule has 4 aromatic heterocycles. The molecule has 6 heterocycles. The molecule has 0 unspecified atom stereocenters. The predicted octanol–water partition coefficient (Wildman–Crippen LogP) is 7.20. The molecule has 2 aromatic carbocycles. The molecule has 2 aliphatic heterocycles. The van der Waals surface area contributed by atoms with Crippen molar-refractivity contribution in [1.29, 1.82) is 0 Å². The number of hydrogen-bond donors (Lipinski definition) is 0. The summed E-state index contributed by atoms with van der Waals surface area (Å²) in [5, 5.41) is 0. The third-order valence-electron chi connectivity index (χ3n) is 7.82. The van der Waals surface area contributed by atoms with Crippen LogP contribution in [-0.4, -0.2) is 32.3 Å². The van der Waals surface area contributed by atoms with Gasteiger partial charge in [0.25, 0.3) is 0 Å². The van der Waals surface area contributed by atoms with E-state index in [1.807, 2.05) is 73.8 Å². The van der Waals surface area contributed by atoms with Gasteiger partial charge in [0, 0.05) is 24.8 Å². The first-order valence-corrected chi connectivity index (χ1v) is 13.9. The molecule has 0 spiro atoms. The van der Waals surface area contributed by atoms with Crippen molar-refractivity contribution in [3.05, 3.63) is 147 Å². The number of nitrogens with zero attached hydrogens (tertiary/aromatic N) is 8. The lowest BCUT2D eigenvalue weighted by atomic mass is 10.2. The van der Waals surface area contributed by atoms with Gasteiger partial charge in [-0.05, 0) is 72.8 Å². The molecule has 0 aliphatic carbocycles. The van der Waals surface area contributed by atoms with Crippen molar-refractivity contribution >= 4 is 45.5 Å². The van der Waals surface area contributed by atoms with Gasteiger partial charge in [0.05, 0.1) is 70.3 Å². The molecule has 8 rings (SSSR count). The van der Waals surface area contributed by atoms with Crippen LogP contribution in [0.3, 0.4) is 0 Å². The van der Waals surface area contributed by atoms with Gasteiger partial charge in [0.1, 0.15) is 0 Å². The summed E-state index contributed by atoms with van der Waals surface area (Å²) in [6, 6.07) is 33.5. The molecule has 0 fully saturated rings. The molecular formula is C34H26N8. The number of pyridine rings is 4. The second kappa shape index (κ2) is 10.0. The molecule has 6 aromatic rings. The van der Waals surface area contributed by atoms with Crippen molar-refractivity contribution in [2.45, 2.75) is 12.3 Å². The topological polar surface area (TPSA) is 64.5 Å². The first-order valence-electron chi connectivity index (χ1n) is 13.9. The molecule has 42 heavy (non-hydrogen) atoms. The smallest absolute Gasteiger partial charge is 0.151 e. The minimum Gasteiger partial charge on any atom is -0.313 e. The Hall–Kier alpha value is -5.76. The number of benzene rings is 2. The number of rotatable bonds is 5. The van der Waals surface area contributed by atoms with Crippen molar-refractivity contribution < 1.29 is 0 Å². The number of anilines is 8. The Morgan fingerprint density at radius 2 is 0.595 bits per heavy atom. The van der Waals surface area contributed by atoms with Crippen LogP contribution in [0.1, 0.15) is 0 Å². The average Bonchev–Trinajstić information content (AvgIpc) is 3.59. The van der Waals surface area contributed by atoms with E-state index in [0.717, 1.165) is 45.5 Å². The summed E-state index contributed by atoms with van der Waals surface area (Å²) in [7, 11) is 0. The summed E-state index contributed by atoms with van der Waals surface area (Å²) >= 11 is 0. The summed E-state index contributed by atoms with van der Waals surface area (Å²) < 4.78 is 0. The summed E-state index contributed by atoms with van der Waals surface area (Å²) in [5.41, 5.74) is 8.34. The van der Waals surface area contributed by atoms with Crippen LogP contribution < -0.4 is 19.6 Å². The van der Waals surface area contributed by atoms with E-state index in [2.05, 4.69) is 112 Å². The Morgan fingerprint density at radius 1 is 0.333 bits per heavy atom. The fourth-order valence-electron chi connectivity index (χ4n) is 6.23. The maximum Gasteiger partial charge on any atom is 0.151 e. The quantitative estimate of drug-likeness (QED) is 0.225. The first kappa shape index (κ1) is 24.1. The number of aromatic nitrogens is 4. The van der Waals surface area contributed by atoms with Gasteiger partial charge in [-0.3, -0.25) is 19.9 Å². The Labute approximate surface area is 243 Å². The van der Waals surface area contributed by atoms with Gasteiger partial charge in [0.15, 0.2) is 12.3 Å². The van der Waals surface area contributed by atoms with Crippen LogP contribution in [0.5, 0.6) is 0 Å². The zero-order valence-corrected chi connectivity index (χ0v) is 22.6. The lowest BCUT2D eigenvalue weighted by Gasteiger charge is -2.44. The van der Waals surface area contributed by atoms with Crippen molar-refractivity contribution in [2.24, 2.45) is 0 Å². The number of fused-ring (bicyclic) bond motifs is 2. The monoisotopic (exact) mass is 546 g/mol. The Kier molecular flexibility index (Phi) is 5.74. The van der Waals surface area contributed by atoms with E-state index in [1.165, 1.54) is 0 Å². The number of hydrogen-bond acceptors (Lipinski definition) is 8. The molecule has 0 bridgehead atoms. The zero-order chi connectivity index (χ0) is 27.9. The van der Waals surface area contributed by atoms with Gasteiger partial charge in [-0.15, -0.1) is 0 Å². The molecule has 0 radical (unpaired) electrons. The summed E-state index contributed by atoms with van der Waals surface area (Å²) in [6.07, 6.45) is 14.5. The van der Waals surface area contributed by atoms with Gasteiger partial charge in [-0.1, -0.05) is 24.3 Å². The van der Waals surface area contributed by atoms with E-state index in [0.29, 0.717) is 0 Å². The summed E-state index contributed by atoms with van der Waals surface area (Å²) in [4.78, 5) is 27.7. The lowest BCUT2D eigenvalue weighted by molar-refractivity contribution is 0.548. The molecule has 2 aliphatic rings. The van der Waals surface area contributed by atoms with Gasteiger partial charge in [0.2, 0.25) is 0 Å². The van der Waals surface area contributed by atoms with Crippen molar-refractivity contribution in [1.82, 2.24) is 19.9 Å². The maximum atomic E-state index is 4.54. The van der Waals surface area contributed by atoms with E-state index in [-0.39, 0.29) is 12.3 Å². The predicted molar refractivity (Wildman–Crippen MR) is 166 cm³/mol. The van der Waals surface area contributed by atoms with Crippen LogP contribution in [0.4, 0.5) is 45.5 Å². The van der Waals surface area contributed by atoms with Crippen LogP contribution in [-0.2, 0) is 0 Å². The van der Waals surface area contributed by atoms with Gasteiger partial charge >= 0.3 is 0 Å². The van der Waals surface area contributed by atoms with E-state index in [1.54, 1.807) is 0 Å². The molecule has 0 saturated carbocycles. The number of para-hydroxylation sites is 4. The standard InChI is InChI=1S/C34H26N8/c1-2-14-30-29(13-1)39(25-9-5-17-35-21-25)33(40(30)26-10-6-18-36-22-26)34-41(27-11-7-19-37-23-27)31-15-3-4-16-32(31)42(34)28-12-8-20-38-24-28/h1-24,33-34H. The van der Waals surface area contributed by atoms with Gasteiger partial charge in [-0.2, -0.15) is 0 Å². The van der Waals surface area contributed by atoms with E-state index >= 15 is 0 Å². The maximum absolute atomic E-state index is 4.54. The minimum absolute atomic E-state index is 0.261. The Balaban J connectivity index is 1.44. The molecule has 8 heteroatoms. The van der Waals surface area contributed by atoms with Crippen molar-refractivity contribution in [3.8, 4) is 0 Å². The highest BCUT2D eigenvalue weighted by Crippen LogP contribution is 2.55. The average molecular weight is 547 g/mol. The Morgan fingerprint density at radius 3 is 0.810 bits per heavy atom. The van der Waals surface area contributed by atoms with Crippen LogP contribution in [0, 0.1) is 0 Å². The fraction of sp³-hybridized carbons (Fsp3) is 0.0588. The van der Waals surface area contributed by atoms with Crippen molar-refractivity contribution in [3.63, 3.8) is 0 Å². The highest BCUT2D eigenvalue weighted by atomic mass is 15.5. The highest BCUT2D eigenvalue weighted by Gasteiger charge is 2.51. The first-order chi connectivity index (χ1) is 20.9. The van der Waals surface area contributed by atoms with Crippen molar-refractivity contribution in [2.75, 3.05) is 19.6 Å². The largest absolute Gasteiger partial charge is 0.313 e. The van der Waals surface area contributed by atoms with Gasteiger partial charge < -0.3 is 19.6 Å².